The van der Waals surface area contributed by atoms with E-state index in [2.05, 4.69) is 15.9 Å². The lowest BCUT2D eigenvalue weighted by atomic mass is 10.1. The summed E-state index contributed by atoms with van der Waals surface area (Å²) in [5.74, 6) is -0.266. The molecule has 0 aliphatic carbocycles. The second-order valence-corrected chi connectivity index (χ2v) is 9.58. The van der Waals surface area contributed by atoms with Crippen LogP contribution in [-0.4, -0.2) is 52.0 Å². The molecule has 1 amide bonds. The van der Waals surface area contributed by atoms with Gasteiger partial charge in [-0.05, 0) is 59.6 Å². The predicted molar refractivity (Wildman–Crippen MR) is 112 cm³/mol. The summed E-state index contributed by atoms with van der Waals surface area (Å²) >= 11 is 3.32. The molecule has 0 aromatic heterocycles. The van der Waals surface area contributed by atoms with Crippen molar-refractivity contribution in [2.75, 3.05) is 38.3 Å². The highest BCUT2D eigenvalue weighted by Gasteiger charge is 2.29. The Labute approximate surface area is 174 Å². The number of amides is 1. The molecule has 1 saturated heterocycles. The van der Waals surface area contributed by atoms with E-state index in [1.165, 1.54) is 10.4 Å². The lowest BCUT2D eigenvalue weighted by Crippen LogP contribution is -2.40. The first kappa shape index (κ1) is 21.0. The number of hydrogen-bond donors (Lipinski definition) is 0. The highest BCUT2D eigenvalue weighted by molar-refractivity contribution is 9.10. The van der Waals surface area contributed by atoms with Gasteiger partial charge in [-0.25, -0.2) is 8.42 Å². The number of carbonyl (C=O) groups is 1. The van der Waals surface area contributed by atoms with Gasteiger partial charge in [0.1, 0.15) is 0 Å². The van der Waals surface area contributed by atoms with Crippen LogP contribution in [0.25, 0.3) is 0 Å². The van der Waals surface area contributed by atoms with Gasteiger partial charge in [0.05, 0.1) is 18.1 Å². The second kappa shape index (κ2) is 8.32. The maximum Gasteiger partial charge on any atom is 0.258 e. The fourth-order valence-electron chi connectivity index (χ4n) is 3.24. The van der Waals surface area contributed by atoms with E-state index in [4.69, 9.17) is 4.74 Å². The topological polar surface area (TPSA) is 66.9 Å². The molecular formula is C20H23BrN2O4S. The molecule has 0 radical (unpaired) electrons. The van der Waals surface area contributed by atoms with Gasteiger partial charge >= 0.3 is 0 Å². The maximum atomic E-state index is 13.0. The third-order valence-corrected chi connectivity index (χ3v) is 7.68. The quantitative estimate of drug-likeness (QED) is 0.692. The molecular weight excluding hydrogens is 444 g/mol. The van der Waals surface area contributed by atoms with Crippen LogP contribution in [0.5, 0.6) is 0 Å². The molecule has 28 heavy (non-hydrogen) atoms. The Bertz CT molecular complexity index is 1000. The van der Waals surface area contributed by atoms with Crippen molar-refractivity contribution in [2.45, 2.75) is 18.7 Å². The minimum Gasteiger partial charge on any atom is -0.379 e. The van der Waals surface area contributed by atoms with Crippen LogP contribution in [0.15, 0.2) is 45.8 Å². The van der Waals surface area contributed by atoms with Gasteiger partial charge in [0.2, 0.25) is 10.0 Å². The summed E-state index contributed by atoms with van der Waals surface area (Å²) in [6, 6.07) is 10.5. The molecule has 6 nitrogen and oxygen atoms in total. The molecule has 0 unspecified atom stereocenters. The van der Waals surface area contributed by atoms with Gasteiger partial charge < -0.3 is 9.64 Å². The van der Waals surface area contributed by atoms with Crippen molar-refractivity contribution in [3.05, 3.63) is 57.6 Å². The minimum atomic E-state index is -3.72. The van der Waals surface area contributed by atoms with Crippen LogP contribution >= 0.6 is 15.9 Å². The number of sulfonamides is 1. The summed E-state index contributed by atoms with van der Waals surface area (Å²) in [4.78, 5) is 14.7. The first-order chi connectivity index (χ1) is 13.2. The first-order valence-electron chi connectivity index (χ1n) is 8.94. The molecule has 0 spiro atoms. The summed E-state index contributed by atoms with van der Waals surface area (Å²) < 4.78 is 33.1. The molecule has 2 aromatic rings. The third kappa shape index (κ3) is 4.15. The van der Waals surface area contributed by atoms with Crippen LogP contribution in [-0.2, 0) is 14.8 Å². The molecule has 1 heterocycles. The van der Waals surface area contributed by atoms with Crippen molar-refractivity contribution >= 4 is 37.5 Å². The second-order valence-electron chi connectivity index (χ2n) is 6.82. The Morgan fingerprint density at radius 2 is 1.79 bits per heavy atom. The number of rotatable bonds is 4. The standard InChI is InChI=1S/C20H23BrN2O4S/c1-14-4-7-18(15(2)12-14)22(3)20(24)16-5-6-17(21)19(13-16)28(25,26)23-8-10-27-11-9-23/h4-7,12-13H,8-11H2,1-3H3. The van der Waals surface area contributed by atoms with Crippen molar-refractivity contribution in [2.24, 2.45) is 0 Å². The van der Waals surface area contributed by atoms with Crippen LogP contribution in [0.1, 0.15) is 21.5 Å². The monoisotopic (exact) mass is 466 g/mol. The molecule has 3 rings (SSSR count). The van der Waals surface area contributed by atoms with Gasteiger partial charge in [-0.3, -0.25) is 4.79 Å². The van der Waals surface area contributed by atoms with E-state index in [1.54, 1.807) is 24.1 Å². The lowest BCUT2D eigenvalue weighted by Gasteiger charge is -2.27. The zero-order valence-electron chi connectivity index (χ0n) is 16.1. The molecule has 1 aliphatic rings. The van der Waals surface area contributed by atoms with Crippen molar-refractivity contribution in [1.82, 2.24) is 4.31 Å². The number of aryl methyl sites for hydroxylation is 2. The fourth-order valence-corrected chi connectivity index (χ4v) is 5.60. The number of benzene rings is 2. The number of halogens is 1. The number of hydrogen-bond acceptors (Lipinski definition) is 4. The lowest BCUT2D eigenvalue weighted by molar-refractivity contribution is 0.0730. The summed E-state index contributed by atoms with van der Waals surface area (Å²) in [6.45, 7) is 5.28. The van der Waals surface area contributed by atoms with Crippen LogP contribution in [0.2, 0.25) is 0 Å². The number of morpholine rings is 1. The van der Waals surface area contributed by atoms with Crippen LogP contribution in [0.3, 0.4) is 0 Å². The smallest absolute Gasteiger partial charge is 0.258 e. The summed E-state index contributed by atoms with van der Waals surface area (Å²) in [7, 11) is -2.02. The van der Waals surface area contributed by atoms with Gasteiger partial charge in [0.15, 0.2) is 0 Å². The van der Waals surface area contributed by atoms with Gasteiger partial charge in [-0.2, -0.15) is 4.31 Å². The Morgan fingerprint density at radius 3 is 2.43 bits per heavy atom. The Morgan fingerprint density at radius 1 is 1.11 bits per heavy atom. The van der Waals surface area contributed by atoms with E-state index in [9.17, 15) is 13.2 Å². The molecule has 1 aliphatic heterocycles. The number of carbonyl (C=O) groups excluding carboxylic acids is 1. The van der Waals surface area contributed by atoms with E-state index >= 15 is 0 Å². The SMILES string of the molecule is Cc1ccc(N(C)C(=O)c2ccc(Br)c(S(=O)(=O)N3CCOCC3)c2)c(C)c1. The molecule has 0 N–H and O–H groups in total. The molecule has 0 atom stereocenters. The van der Waals surface area contributed by atoms with Gasteiger partial charge in [-0.15, -0.1) is 0 Å². The van der Waals surface area contributed by atoms with E-state index in [1.807, 2.05) is 32.0 Å². The Hall–Kier alpha value is -1.74. The Kier molecular flexibility index (Phi) is 6.24. The number of nitrogens with zero attached hydrogens (tertiary/aromatic N) is 2. The minimum absolute atomic E-state index is 0.0919. The third-order valence-electron chi connectivity index (χ3n) is 4.78. The normalized spacial score (nSPS) is 15.4. The number of anilines is 1. The summed E-state index contributed by atoms with van der Waals surface area (Å²) in [5.41, 5.74) is 3.20. The van der Waals surface area contributed by atoms with Crippen molar-refractivity contribution < 1.29 is 17.9 Å². The van der Waals surface area contributed by atoms with E-state index < -0.39 is 10.0 Å². The summed E-state index contributed by atoms with van der Waals surface area (Å²) in [5, 5.41) is 0. The van der Waals surface area contributed by atoms with Crippen LogP contribution in [0, 0.1) is 13.8 Å². The fraction of sp³-hybridized carbons (Fsp3) is 0.350. The largest absolute Gasteiger partial charge is 0.379 e. The molecule has 1 fully saturated rings. The van der Waals surface area contributed by atoms with Crippen molar-refractivity contribution in [3.8, 4) is 0 Å². The number of ether oxygens (including phenoxy) is 1. The average Bonchev–Trinajstić information content (AvgIpc) is 2.68. The maximum absolute atomic E-state index is 13.0. The summed E-state index contributed by atoms with van der Waals surface area (Å²) in [6.07, 6.45) is 0. The highest BCUT2D eigenvalue weighted by atomic mass is 79.9. The zero-order chi connectivity index (χ0) is 20.5. The van der Waals surface area contributed by atoms with E-state index in [0.29, 0.717) is 36.3 Å². The van der Waals surface area contributed by atoms with Gasteiger partial charge in [0, 0.05) is 35.9 Å². The van der Waals surface area contributed by atoms with Crippen LogP contribution < -0.4 is 4.90 Å². The van der Waals surface area contributed by atoms with E-state index in [0.717, 1.165) is 16.8 Å². The van der Waals surface area contributed by atoms with Gasteiger partial charge in [-0.1, -0.05) is 17.7 Å². The first-order valence-corrected chi connectivity index (χ1v) is 11.2. The van der Waals surface area contributed by atoms with Crippen LogP contribution in [0.4, 0.5) is 5.69 Å². The average molecular weight is 467 g/mol. The molecule has 0 saturated carbocycles. The molecule has 8 heteroatoms. The molecule has 150 valence electrons. The highest BCUT2D eigenvalue weighted by Crippen LogP contribution is 2.28. The van der Waals surface area contributed by atoms with Crippen molar-refractivity contribution in [3.63, 3.8) is 0 Å². The van der Waals surface area contributed by atoms with Crippen molar-refractivity contribution in [1.29, 1.82) is 0 Å². The van der Waals surface area contributed by atoms with Gasteiger partial charge in [0.25, 0.3) is 5.91 Å². The predicted octanol–water partition coefficient (Wildman–Crippen LogP) is 3.36. The van der Waals surface area contributed by atoms with E-state index in [-0.39, 0.29) is 10.8 Å². The molecule has 0 bridgehead atoms. The molecule has 2 aromatic carbocycles. The zero-order valence-corrected chi connectivity index (χ0v) is 18.5. The Balaban J connectivity index is 1.95.